The Bertz CT molecular complexity index is 389. The van der Waals surface area contributed by atoms with E-state index in [-0.39, 0.29) is 17.4 Å². The van der Waals surface area contributed by atoms with Gasteiger partial charge in [0.15, 0.2) is 0 Å². The molecule has 108 valence electrons. The molecule has 0 aromatic heterocycles. The van der Waals surface area contributed by atoms with Crippen LogP contribution >= 0.6 is 0 Å². The number of nitrogens with zero attached hydrogens (tertiary/aromatic N) is 1. The molecule has 1 saturated heterocycles. The monoisotopic (exact) mass is 268 g/mol. The average molecular weight is 268 g/mol. The molecule has 0 bridgehead atoms. The largest absolute Gasteiger partial charge is 0.465 e. The summed E-state index contributed by atoms with van der Waals surface area (Å²) in [5.41, 5.74) is -0.630. The van der Waals surface area contributed by atoms with Crippen molar-refractivity contribution in [1.29, 1.82) is 0 Å². The summed E-state index contributed by atoms with van der Waals surface area (Å²) in [6.45, 7) is 6.16. The second-order valence-electron chi connectivity index (χ2n) is 6.94. The van der Waals surface area contributed by atoms with Crippen molar-refractivity contribution in [3.63, 3.8) is 0 Å². The molecule has 0 aromatic carbocycles. The predicted octanol–water partition coefficient (Wildman–Crippen LogP) is 2.21. The number of carbonyl (C=O) groups is 2. The number of carbonyl (C=O) groups excluding carboxylic acids is 1. The minimum absolute atomic E-state index is 0.0751. The molecular formula is C14H24N2O3. The van der Waals surface area contributed by atoms with Crippen molar-refractivity contribution in [2.45, 2.75) is 64.5 Å². The van der Waals surface area contributed by atoms with E-state index in [0.29, 0.717) is 13.0 Å². The van der Waals surface area contributed by atoms with Gasteiger partial charge in [-0.25, -0.2) is 4.79 Å². The average Bonchev–Trinajstić information content (AvgIpc) is 2.60. The number of fused-ring (bicyclic) bond motifs is 1. The lowest BCUT2D eigenvalue weighted by Gasteiger charge is -2.44. The van der Waals surface area contributed by atoms with Crippen LogP contribution in [0, 0.1) is 5.41 Å². The first-order valence-corrected chi connectivity index (χ1v) is 7.05. The van der Waals surface area contributed by atoms with Gasteiger partial charge in [-0.1, -0.05) is 12.8 Å². The molecule has 19 heavy (non-hydrogen) atoms. The van der Waals surface area contributed by atoms with E-state index in [0.717, 1.165) is 25.7 Å². The number of rotatable bonds is 2. The SMILES string of the molecule is CC(C)(C)N(CC12CCCCC1NC(=O)C2)C(=O)O. The lowest BCUT2D eigenvalue weighted by atomic mass is 9.70. The third kappa shape index (κ3) is 2.69. The highest BCUT2D eigenvalue weighted by Gasteiger charge is 2.50. The molecule has 5 nitrogen and oxygen atoms in total. The molecule has 1 saturated carbocycles. The van der Waals surface area contributed by atoms with Gasteiger partial charge in [-0.2, -0.15) is 0 Å². The van der Waals surface area contributed by atoms with Gasteiger partial charge >= 0.3 is 6.09 Å². The fourth-order valence-corrected chi connectivity index (χ4v) is 3.46. The van der Waals surface area contributed by atoms with Crippen LogP contribution in [0.3, 0.4) is 0 Å². The lowest BCUT2D eigenvalue weighted by molar-refractivity contribution is -0.119. The zero-order chi connectivity index (χ0) is 14.3. The zero-order valence-electron chi connectivity index (χ0n) is 12.0. The van der Waals surface area contributed by atoms with Crippen LogP contribution in [0.2, 0.25) is 0 Å². The van der Waals surface area contributed by atoms with Crippen LogP contribution < -0.4 is 5.32 Å². The molecule has 1 heterocycles. The number of carboxylic acid groups (broad SMARTS) is 1. The van der Waals surface area contributed by atoms with Crippen LogP contribution in [0.25, 0.3) is 0 Å². The minimum atomic E-state index is -0.898. The van der Waals surface area contributed by atoms with E-state index in [1.807, 2.05) is 20.8 Å². The van der Waals surface area contributed by atoms with Gasteiger partial charge in [0.25, 0.3) is 0 Å². The highest BCUT2D eigenvalue weighted by molar-refractivity contribution is 5.80. The smallest absolute Gasteiger partial charge is 0.407 e. The quantitative estimate of drug-likeness (QED) is 0.806. The summed E-state index contributed by atoms with van der Waals surface area (Å²) in [5, 5.41) is 12.5. The molecule has 0 radical (unpaired) electrons. The second kappa shape index (κ2) is 4.69. The molecule has 2 amide bonds. The van der Waals surface area contributed by atoms with E-state index in [1.165, 1.54) is 4.90 Å². The minimum Gasteiger partial charge on any atom is -0.465 e. The van der Waals surface area contributed by atoms with Gasteiger partial charge in [0.05, 0.1) is 0 Å². The third-order valence-corrected chi connectivity index (χ3v) is 4.52. The van der Waals surface area contributed by atoms with Gasteiger partial charge in [-0.15, -0.1) is 0 Å². The summed E-state index contributed by atoms with van der Waals surface area (Å²) in [6, 6.07) is 0.151. The maximum atomic E-state index is 11.7. The van der Waals surface area contributed by atoms with Crippen LogP contribution in [0.15, 0.2) is 0 Å². The van der Waals surface area contributed by atoms with Gasteiger partial charge < -0.3 is 15.3 Å². The molecule has 2 rings (SSSR count). The van der Waals surface area contributed by atoms with Crippen molar-refractivity contribution in [3.05, 3.63) is 0 Å². The van der Waals surface area contributed by atoms with Gasteiger partial charge in [-0.3, -0.25) is 4.79 Å². The van der Waals surface area contributed by atoms with E-state index in [4.69, 9.17) is 0 Å². The van der Waals surface area contributed by atoms with Crippen molar-refractivity contribution >= 4 is 12.0 Å². The molecule has 0 spiro atoms. The molecular weight excluding hydrogens is 244 g/mol. The molecule has 2 unspecified atom stereocenters. The summed E-state index contributed by atoms with van der Waals surface area (Å²) in [5.74, 6) is 0.0751. The molecule has 2 aliphatic rings. The number of hydrogen-bond acceptors (Lipinski definition) is 2. The standard InChI is InChI=1S/C14H24N2O3/c1-13(2,3)16(12(18)19)9-14-7-5-4-6-10(14)15-11(17)8-14/h10H,4-9H2,1-3H3,(H,15,17)(H,18,19). The summed E-state index contributed by atoms with van der Waals surface area (Å²) in [6.07, 6.45) is 3.70. The Hall–Kier alpha value is -1.26. The summed E-state index contributed by atoms with van der Waals surface area (Å²) >= 11 is 0. The molecule has 0 aromatic rings. The Morgan fingerprint density at radius 2 is 2.16 bits per heavy atom. The van der Waals surface area contributed by atoms with Crippen LogP contribution in [0.5, 0.6) is 0 Å². The first-order chi connectivity index (χ1) is 8.74. The highest BCUT2D eigenvalue weighted by Crippen LogP contribution is 2.44. The maximum absolute atomic E-state index is 11.7. The topological polar surface area (TPSA) is 69.6 Å². The van der Waals surface area contributed by atoms with Gasteiger partial charge in [0.1, 0.15) is 0 Å². The first kappa shape index (κ1) is 14.2. The Morgan fingerprint density at radius 3 is 2.74 bits per heavy atom. The van der Waals surface area contributed by atoms with E-state index in [2.05, 4.69) is 5.32 Å². The van der Waals surface area contributed by atoms with Gasteiger partial charge in [0.2, 0.25) is 5.91 Å². The Balaban J connectivity index is 2.23. The summed E-state index contributed by atoms with van der Waals surface area (Å²) < 4.78 is 0. The normalized spacial score (nSPS) is 30.7. The van der Waals surface area contributed by atoms with Gasteiger partial charge in [-0.05, 0) is 33.6 Å². The van der Waals surface area contributed by atoms with Crippen molar-refractivity contribution in [2.24, 2.45) is 5.41 Å². The van der Waals surface area contributed by atoms with E-state index >= 15 is 0 Å². The second-order valence-corrected chi connectivity index (χ2v) is 6.94. The molecule has 1 aliphatic carbocycles. The van der Waals surface area contributed by atoms with Gasteiger partial charge in [0, 0.05) is 30.0 Å². The molecule has 2 atom stereocenters. The maximum Gasteiger partial charge on any atom is 0.407 e. The molecule has 2 N–H and O–H groups in total. The van der Waals surface area contributed by atoms with Crippen molar-refractivity contribution in [2.75, 3.05) is 6.54 Å². The predicted molar refractivity (Wildman–Crippen MR) is 71.9 cm³/mol. The fraction of sp³-hybridized carbons (Fsp3) is 0.857. The van der Waals surface area contributed by atoms with Crippen molar-refractivity contribution in [3.8, 4) is 0 Å². The van der Waals surface area contributed by atoms with Crippen LogP contribution in [0.1, 0.15) is 52.9 Å². The summed E-state index contributed by atoms with van der Waals surface area (Å²) in [4.78, 5) is 24.7. The van der Waals surface area contributed by atoms with Crippen LogP contribution in [-0.2, 0) is 4.79 Å². The third-order valence-electron chi connectivity index (χ3n) is 4.52. The number of nitrogens with one attached hydrogen (secondary N) is 1. The molecule has 1 aliphatic heterocycles. The Morgan fingerprint density at radius 1 is 1.47 bits per heavy atom. The molecule has 2 fully saturated rings. The number of amides is 2. The van der Waals surface area contributed by atoms with Crippen LogP contribution in [-0.4, -0.2) is 40.1 Å². The fourth-order valence-electron chi connectivity index (χ4n) is 3.46. The van der Waals surface area contributed by atoms with E-state index in [1.54, 1.807) is 0 Å². The molecule has 5 heteroatoms. The van der Waals surface area contributed by atoms with Crippen molar-refractivity contribution < 1.29 is 14.7 Å². The first-order valence-electron chi connectivity index (χ1n) is 7.05. The number of hydrogen-bond donors (Lipinski definition) is 2. The zero-order valence-corrected chi connectivity index (χ0v) is 12.0. The van der Waals surface area contributed by atoms with Crippen molar-refractivity contribution in [1.82, 2.24) is 10.2 Å². The highest BCUT2D eigenvalue weighted by atomic mass is 16.4. The Kier molecular flexibility index (Phi) is 3.49. The summed E-state index contributed by atoms with van der Waals surface area (Å²) in [7, 11) is 0. The lowest BCUT2D eigenvalue weighted by Crippen LogP contribution is -2.54. The van der Waals surface area contributed by atoms with E-state index in [9.17, 15) is 14.7 Å². The van der Waals surface area contributed by atoms with Crippen LogP contribution in [0.4, 0.5) is 4.79 Å². The van der Waals surface area contributed by atoms with E-state index < -0.39 is 11.6 Å². The Labute approximate surface area is 114 Å².